The van der Waals surface area contributed by atoms with Gasteiger partial charge in [0.15, 0.2) is 0 Å². The molecule has 2 aromatic rings. The van der Waals surface area contributed by atoms with Gasteiger partial charge in [-0.2, -0.15) is 9.36 Å². The van der Waals surface area contributed by atoms with Crippen LogP contribution in [0.15, 0.2) is 12.4 Å². The van der Waals surface area contributed by atoms with Gasteiger partial charge >= 0.3 is 6.03 Å². The first-order valence-corrected chi connectivity index (χ1v) is 5.41. The van der Waals surface area contributed by atoms with Crippen LogP contribution < -0.4 is 0 Å². The van der Waals surface area contributed by atoms with E-state index in [1.54, 1.807) is 0 Å². The van der Waals surface area contributed by atoms with Gasteiger partial charge in [-0.05, 0) is 19.3 Å². The summed E-state index contributed by atoms with van der Waals surface area (Å²) in [6.07, 6.45) is 3.68. The van der Waals surface area contributed by atoms with Crippen LogP contribution in [0.25, 0.3) is 0 Å². The van der Waals surface area contributed by atoms with Gasteiger partial charge < -0.3 is 0 Å². The van der Waals surface area contributed by atoms with Gasteiger partial charge in [-0.3, -0.25) is 0 Å². The highest BCUT2D eigenvalue weighted by molar-refractivity contribution is 5.77. The van der Waals surface area contributed by atoms with E-state index in [-0.39, 0.29) is 6.03 Å². The molecule has 0 spiro atoms. The summed E-state index contributed by atoms with van der Waals surface area (Å²) in [6, 6.07) is -0.362. The molecule has 0 saturated carbocycles. The highest BCUT2D eigenvalue weighted by Crippen LogP contribution is 2.11. The van der Waals surface area contributed by atoms with Crippen molar-refractivity contribution in [2.75, 3.05) is 0 Å². The number of aromatic nitrogens is 6. The maximum absolute atomic E-state index is 12.0. The minimum absolute atomic E-state index is 0.362. The number of carbonyl (C=O) groups excluding carboxylic acids is 1. The maximum atomic E-state index is 12.0. The molecular formula is C10H14N6O. The Bertz CT molecular complexity index is 513. The zero-order chi connectivity index (χ0) is 12.4. The predicted octanol–water partition coefficient (Wildman–Crippen LogP) is 0.893. The lowest BCUT2D eigenvalue weighted by Crippen LogP contribution is -2.24. The van der Waals surface area contributed by atoms with Gasteiger partial charge in [0.1, 0.15) is 0 Å². The Morgan fingerprint density at radius 2 is 2.18 bits per heavy atom. The fourth-order valence-corrected chi connectivity index (χ4v) is 1.56. The third-order valence-corrected chi connectivity index (χ3v) is 2.36. The molecule has 0 unspecified atom stereocenters. The summed E-state index contributed by atoms with van der Waals surface area (Å²) in [5.74, 6) is 0.425. The summed E-state index contributed by atoms with van der Waals surface area (Å²) in [6.45, 7) is 6.00. The average Bonchev–Trinajstić information content (AvgIpc) is 2.88. The lowest BCUT2D eigenvalue weighted by atomic mass is 10.1. The van der Waals surface area contributed by atoms with Crippen molar-refractivity contribution in [3.63, 3.8) is 0 Å². The van der Waals surface area contributed by atoms with Gasteiger partial charge in [0.05, 0.1) is 23.8 Å². The van der Waals surface area contributed by atoms with Gasteiger partial charge in [-0.1, -0.05) is 24.3 Å². The number of carbonyl (C=O) groups is 1. The van der Waals surface area contributed by atoms with Gasteiger partial charge in [-0.25, -0.2) is 4.79 Å². The number of rotatable bonds is 2. The molecule has 0 N–H and O–H groups in total. The second-order valence-electron chi connectivity index (χ2n) is 4.26. The molecule has 7 heteroatoms. The van der Waals surface area contributed by atoms with E-state index < -0.39 is 0 Å². The molecule has 7 nitrogen and oxygen atoms in total. The van der Waals surface area contributed by atoms with E-state index in [0.29, 0.717) is 5.92 Å². The third kappa shape index (κ3) is 2.22. The van der Waals surface area contributed by atoms with Gasteiger partial charge in [0, 0.05) is 0 Å². The minimum atomic E-state index is -0.362. The van der Waals surface area contributed by atoms with Crippen LogP contribution in [0.3, 0.4) is 0 Å². The Morgan fingerprint density at radius 1 is 1.41 bits per heavy atom. The van der Waals surface area contributed by atoms with E-state index in [1.165, 1.54) is 17.1 Å². The first kappa shape index (κ1) is 11.4. The quantitative estimate of drug-likeness (QED) is 0.771. The van der Waals surface area contributed by atoms with Gasteiger partial charge in [-0.15, -0.1) is 10.2 Å². The standard InChI is InChI=1S/C10H14N6O/c1-7(2)6-9-8(3)12-14-16(9)10(17)15-5-4-11-13-15/h4-5,7H,6H2,1-3H3. The monoisotopic (exact) mass is 234 g/mol. The van der Waals surface area contributed by atoms with Crippen molar-refractivity contribution in [3.05, 3.63) is 23.8 Å². The number of nitrogens with zero attached hydrogens (tertiary/aromatic N) is 6. The van der Waals surface area contributed by atoms with Crippen LogP contribution in [0.1, 0.15) is 25.2 Å². The summed E-state index contributed by atoms with van der Waals surface area (Å²) in [4.78, 5) is 12.0. The molecule has 0 atom stereocenters. The van der Waals surface area contributed by atoms with Crippen LogP contribution in [0.4, 0.5) is 4.79 Å². The summed E-state index contributed by atoms with van der Waals surface area (Å²) < 4.78 is 2.42. The summed E-state index contributed by atoms with van der Waals surface area (Å²) >= 11 is 0. The van der Waals surface area contributed by atoms with Crippen molar-refractivity contribution >= 4 is 6.03 Å². The molecule has 0 fully saturated rings. The topological polar surface area (TPSA) is 78.5 Å². The van der Waals surface area contributed by atoms with E-state index in [0.717, 1.165) is 22.5 Å². The summed E-state index contributed by atoms with van der Waals surface area (Å²) in [7, 11) is 0. The van der Waals surface area contributed by atoms with Gasteiger partial charge in [0.25, 0.3) is 0 Å². The lowest BCUT2D eigenvalue weighted by molar-refractivity contribution is 0.236. The molecule has 17 heavy (non-hydrogen) atoms. The van der Waals surface area contributed by atoms with E-state index >= 15 is 0 Å². The molecule has 0 radical (unpaired) electrons. The molecule has 0 aliphatic carbocycles. The third-order valence-electron chi connectivity index (χ3n) is 2.36. The SMILES string of the molecule is Cc1nnn(C(=O)n2ccnn2)c1CC(C)C. The number of hydrogen-bond donors (Lipinski definition) is 0. The molecule has 2 aromatic heterocycles. The molecule has 0 saturated heterocycles. The van der Waals surface area contributed by atoms with Crippen molar-refractivity contribution in [3.8, 4) is 0 Å². The van der Waals surface area contributed by atoms with Crippen LogP contribution in [0, 0.1) is 12.8 Å². The van der Waals surface area contributed by atoms with E-state index in [4.69, 9.17) is 0 Å². The number of hydrogen-bond acceptors (Lipinski definition) is 5. The van der Waals surface area contributed by atoms with Crippen molar-refractivity contribution < 1.29 is 4.79 Å². The Hall–Kier alpha value is -2.05. The first-order valence-electron chi connectivity index (χ1n) is 5.41. The van der Waals surface area contributed by atoms with E-state index in [2.05, 4.69) is 34.5 Å². The average molecular weight is 234 g/mol. The van der Waals surface area contributed by atoms with Crippen molar-refractivity contribution in [2.24, 2.45) is 5.92 Å². The Balaban J connectivity index is 2.36. The molecule has 2 rings (SSSR count). The highest BCUT2D eigenvalue weighted by atomic mass is 16.2. The van der Waals surface area contributed by atoms with Crippen LogP contribution >= 0.6 is 0 Å². The molecule has 0 aliphatic rings. The molecule has 2 heterocycles. The van der Waals surface area contributed by atoms with Gasteiger partial charge in [0.2, 0.25) is 0 Å². The second-order valence-corrected chi connectivity index (χ2v) is 4.26. The molecule has 0 aromatic carbocycles. The van der Waals surface area contributed by atoms with E-state index in [9.17, 15) is 4.79 Å². The zero-order valence-electron chi connectivity index (χ0n) is 10.0. The zero-order valence-corrected chi connectivity index (χ0v) is 10.0. The summed E-state index contributed by atoms with van der Waals surface area (Å²) in [5.41, 5.74) is 1.59. The molecular weight excluding hydrogens is 220 g/mol. The molecule has 0 aliphatic heterocycles. The Morgan fingerprint density at radius 3 is 2.76 bits per heavy atom. The Labute approximate surface area is 98.4 Å². The lowest BCUT2D eigenvalue weighted by Gasteiger charge is -2.07. The second kappa shape index (κ2) is 4.44. The smallest absolute Gasteiger partial charge is 0.243 e. The minimum Gasteiger partial charge on any atom is -0.243 e. The van der Waals surface area contributed by atoms with E-state index in [1.807, 2.05) is 6.92 Å². The molecule has 0 bridgehead atoms. The van der Waals surface area contributed by atoms with Crippen LogP contribution in [-0.4, -0.2) is 36.0 Å². The van der Waals surface area contributed by atoms with Crippen LogP contribution in [-0.2, 0) is 6.42 Å². The van der Waals surface area contributed by atoms with Crippen molar-refractivity contribution in [1.82, 2.24) is 30.0 Å². The normalized spacial score (nSPS) is 11.1. The fourth-order valence-electron chi connectivity index (χ4n) is 1.56. The van der Waals surface area contributed by atoms with Crippen LogP contribution in [0.2, 0.25) is 0 Å². The number of aryl methyl sites for hydroxylation is 1. The molecule has 90 valence electrons. The van der Waals surface area contributed by atoms with Crippen molar-refractivity contribution in [1.29, 1.82) is 0 Å². The van der Waals surface area contributed by atoms with Crippen molar-refractivity contribution in [2.45, 2.75) is 27.2 Å². The van der Waals surface area contributed by atoms with Crippen LogP contribution in [0.5, 0.6) is 0 Å². The highest BCUT2D eigenvalue weighted by Gasteiger charge is 2.18. The summed E-state index contributed by atoms with van der Waals surface area (Å²) in [5, 5.41) is 15.0. The largest absolute Gasteiger partial charge is 0.372 e. The first-order chi connectivity index (χ1) is 8.09. The predicted molar refractivity (Wildman–Crippen MR) is 59.5 cm³/mol. The maximum Gasteiger partial charge on any atom is 0.372 e. The molecule has 0 amide bonds. The fraction of sp³-hybridized carbons (Fsp3) is 0.500. The Kier molecular flexibility index (Phi) is 2.99.